The van der Waals surface area contributed by atoms with Crippen LogP contribution in [0.25, 0.3) is 9.67 Å². The minimum atomic E-state index is -3.71. The van der Waals surface area contributed by atoms with Gasteiger partial charge in [0, 0.05) is 0 Å². The van der Waals surface area contributed by atoms with Gasteiger partial charge in [-0.15, -0.1) is 0 Å². The van der Waals surface area contributed by atoms with Crippen molar-refractivity contribution in [2.45, 2.75) is 0 Å². The first-order valence-electron chi connectivity index (χ1n) is 11.4. The van der Waals surface area contributed by atoms with Gasteiger partial charge in [0.05, 0.1) is 0 Å². The average molecular weight is 529 g/mol. The number of benzene rings is 5. The van der Waals surface area contributed by atoms with Crippen LogP contribution in [0, 0.1) is 0 Å². The molecule has 0 spiro atoms. The Kier molecular flexibility index (Phi) is 6.55. The van der Waals surface area contributed by atoms with Crippen molar-refractivity contribution in [1.29, 1.82) is 0 Å². The van der Waals surface area contributed by atoms with E-state index in [2.05, 4.69) is 158 Å². The van der Waals surface area contributed by atoms with Gasteiger partial charge >= 0.3 is 202 Å². The molecule has 0 unspecified atom stereocenters. The van der Waals surface area contributed by atoms with E-state index in [1.54, 1.807) is 0 Å². The molecular weight excluding hydrogens is 503 g/mol. The van der Waals surface area contributed by atoms with E-state index in [0.29, 0.717) is 0 Å². The molecule has 5 aromatic rings. The van der Waals surface area contributed by atoms with Crippen LogP contribution in [-0.4, -0.2) is 18.4 Å². The fraction of sp³-hybridized carbons (Fsp3) is 0. The van der Waals surface area contributed by atoms with Gasteiger partial charge in [-0.1, -0.05) is 0 Å². The first kappa shape index (κ1) is 21.5. The summed E-state index contributed by atoms with van der Waals surface area (Å²) in [5.74, 6) is 0. The standard InChI is InChI=1S/C14H11.3C6H5.Sn/c1-3-7-13(8-4-1)11-12-14-9-5-2-6-10-14;3*1-2-4-6-5-3-1;/h1-11H;3*1-5H;. The van der Waals surface area contributed by atoms with Gasteiger partial charge in [-0.2, -0.15) is 0 Å². The second kappa shape index (κ2) is 10.1. The molecule has 0 aliphatic carbocycles. The van der Waals surface area contributed by atoms with Crippen LogP contribution in [0.1, 0.15) is 11.1 Å². The molecule has 0 aliphatic heterocycles. The molecule has 0 saturated heterocycles. The predicted octanol–water partition coefficient (Wildman–Crippen LogP) is 5.94. The van der Waals surface area contributed by atoms with E-state index in [1.165, 1.54) is 25.5 Å². The average Bonchev–Trinajstić information content (AvgIpc) is 2.91. The zero-order valence-electron chi connectivity index (χ0n) is 18.5. The van der Waals surface area contributed by atoms with Gasteiger partial charge in [0.15, 0.2) is 0 Å². The number of hydrogen-bond acceptors (Lipinski definition) is 0. The molecule has 33 heavy (non-hydrogen) atoms. The van der Waals surface area contributed by atoms with Gasteiger partial charge in [-0.3, -0.25) is 0 Å². The topological polar surface area (TPSA) is 0 Å². The molecule has 0 bridgehead atoms. The molecule has 0 aromatic heterocycles. The van der Waals surface area contributed by atoms with Crippen LogP contribution in [0.15, 0.2) is 152 Å². The van der Waals surface area contributed by atoms with Crippen LogP contribution in [0.2, 0.25) is 0 Å². The van der Waals surface area contributed by atoms with Gasteiger partial charge in [0.25, 0.3) is 0 Å². The maximum atomic E-state index is 2.44. The summed E-state index contributed by atoms with van der Waals surface area (Å²) in [5, 5.41) is 0. The van der Waals surface area contributed by atoms with Crippen molar-refractivity contribution in [1.82, 2.24) is 0 Å². The summed E-state index contributed by atoms with van der Waals surface area (Å²) < 4.78 is 5.82. The molecule has 0 atom stereocenters. The van der Waals surface area contributed by atoms with E-state index in [9.17, 15) is 0 Å². The van der Waals surface area contributed by atoms with Gasteiger partial charge < -0.3 is 0 Å². The van der Waals surface area contributed by atoms with Crippen LogP contribution >= 0.6 is 0 Å². The van der Waals surface area contributed by atoms with Crippen molar-refractivity contribution in [3.63, 3.8) is 0 Å². The van der Waals surface area contributed by atoms with Gasteiger partial charge in [-0.25, -0.2) is 0 Å². The van der Waals surface area contributed by atoms with Crippen LogP contribution < -0.4 is 10.7 Å². The third-order valence-electron chi connectivity index (χ3n) is 6.22. The van der Waals surface area contributed by atoms with Gasteiger partial charge in [0.1, 0.15) is 0 Å². The first-order valence-corrected chi connectivity index (χ1v) is 17.1. The Labute approximate surface area is 200 Å². The number of rotatable bonds is 6. The van der Waals surface area contributed by atoms with Gasteiger partial charge in [0.2, 0.25) is 0 Å². The van der Waals surface area contributed by atoms with E-state index in [0.717, 1.165) is 0 Å². The molecule has 0 heterocycles. The van der Waals surface area contributed by atoms with E-state index in [1.807, 2.05) is 0 Å². The molecule has 0 fully saturated rings. The normalized spacial score (nSPS) is 11.8. The van der Waals surface area contributed by atoms with Crippen LogP contribution in [0.4, 0.5) is 0 Å². The molecule has 1 heteroatoms. The van der Waals surface area contributed by atoms with E-state index >= 15 is 0 Å². The second-order valence-electron chi connectivity index (χ2n) is 8.18. The van der Waals surface area contributed by atoms with Crippen molar-refractivity contribution in [2.75, 3.05) is 0 Å². The molecule has 0 N–H and O–H groups in total. The van der Waals surface area contributed by atoms with E-state index in [-0.39, 0.29) is 0 Å². The summed E-state index contributed by atoms with van der Waals surface area (Å²) in [5.41, 5.74) is 2.54. The second-order valence-corrected chi connectivity index (χ2v) is 18.9. The Morgan fingerprint density at radius 1 is 0.394 bits per heavy atom. The zero-order valence-corrected chi connectivity index (χ0v) is 21.4. The summed E-state index contributed by atoms with van der Waals surface area (Å²) in [6, 6.07) is 55.3. The molecule has 0 amide bonds. The molecular formula is C32H26Sn. The Hall–Kier alpha value is -3.36. The van der Waals surface area contributed by atoms with Crippen molar-refractivity contribution in [3.05, 3.63) is 163 Å². The molecule has 158 valence electrons. The van der Waals surface area contributed by atoms with Crippen LogP contribution in [-0.2, 0) is 0 Å². The quantitative estimate of drug-likeness (QED) is 0.189. The zero-order chi connectivity index (χ0) is 22.3. The SMILES string of the molecule is C(=[C](/c1ccccc1)[Sn]([c]1ccccc1)([c]1ccccc1)[c]1ccccc1)/c1ccccc1. The Morgan fingerprint density at radius 3 is 1.12 bits per heavy atom. The van der Waals surface area contributed by atoms with Gasteiger partial charge in [-0.05, 0) is 0 Å². The predicted molar refractivity (Wildman–Crippen MR) is 145 cm³/mol. The molecule has 0 radical (unpaired) electrons. The Bertz CT molecular complexity index is 1210. The Balaban J connectivity index is 1.94. The third kappa shape index (κ3) is 4.31. The molecule has 0 nitrogen and oxygen atoms in total. The number of hydrogen-bond donors (Lipinski definition) is 0. The fourth-order valence-corrected chi connectivity index (χ4v) is 19.0. The minimum absolute atomic E-state index is 1.24. The third-order valence-corrected chi connectivity index (χ3v) is 20.0. The molecule has 5 rings (SSSR count). The summed E-state index contributed by atoms with van der Waals surface area (Å²) >= 11 is -3.71. The van der Waals surface area contributed by atoms with Crippen LogP contribution in [0.5, 0.6) is 0 Å². The Morgan fingerprint density at radius 2 is 0.727 bits per heavy atom. The summed E-state index contributed by atoms with van der Waals surface area (Å²) in [6.45, 7) is 0. The summed E-state index contributed by atoms with van der Waals surface area (Å²) in [4.78, 5) is 0. The molecule has 0 aliphatic rings. The van der Waals surface area contributed by atoms with Crippen molar-refractivity contribution < 1.29 is 0 Å². The molecule has 0 saturated carbocycles. The summed E-state index contributed by atoms with van der Waals surface area (Å²) in [6.07, 6.45) is 2.44. The van der Waals surface area contributed by atoms with E-state index in [4.69, 9.17) is 0 Å². The maximum absolute atomic E-state index is 3.71. The van der Waals surface area contributed by atoms with Crippen molar-refractivity contribution in [3.8, 4) is 0 Å². The first-order chi connectivity index (χ1) is 16.4. The van der Waals surface area contributed by atoms with Crippen molar-refractivity contribution >= 4 is 38.8 Å². The fourth-order valence-electron chi connectivity index (χ4n) is 4.77. The summed E-state index contributed by atoms with van der Waals surface area (Å²) in [7, 11) is 0. The van der Waals surface area contributed by atoms with Crippen LogP contribution in [0.3, 0.4) is 0 Å². The van der Waals surface area contributed by atoms with Crippen molar-refractivity contribution in [2.24, 2.45) is 0 Å². The monoisotopic (exact) mass is 530 g/mol. The van der Waals surface area contributed by atoms with E-state index < -0.39 is 18.4 Å². The molecule has 5 aromatic carbocycles.